The van der Waals surface area contributed by atoms with E-state index in [1.54, 1.807) is 24.4 Å². The number of amides is 1. The number of hydrogen-bond donors (Lipinski definition) is 5. The lowest BCUT2D eigenvalue weighted by Gasteiger charge is -2.10. The van der Waals surface area contributed by atoms with Crippen LogP contribution < -0.4 is 27.4 Å². The highest BCUT2D eigenvalue weighted by Crippen LogP contribution is 2.20. The van der Waals surface area contributed by atoms with Gasteiger partial charge in [0.1, 0.15) is 0 Å². The Hall–Kier alpha value is -4.73. The molecule has 0 aliphatic rings. The molecule has 0 saturated carbocycles. The Balaban J connectivity index is 1.35. The largest absolute Gasteiger partial charge is 0.397 e. The molecule has 10 heteroatoms. The normalized spacial score (nSPS) is 10.5. The monoisotopic (exact) mass is 455 g/mol. The lowest BCUT2D eigenvalue weighted by molar-refractivity contribution is 0.102. The zero-order chi connectivity index (χ0) is 23.9. The maximum Gasteiger partial charge on any atom is 0.255 e. The quantitative estimate of drug-likeness (QED) is 0.252. The van der Waals surface area contributed by atoms with Gasteiger partial charge in [0.05, 0.1) is 23.6 Å². The Morgan fingerprint density at radius 3 is 2.32 bits per heavy atom. The van der Waals surface area contributed by atoms with E-state index in [2.05, 4.69) is 35.9 Å². The first kappa shape index (κ1) is 22.5. The van der Waals surface area contributed by atoms with Gasteiger partial charge in [0, 0.05) is 18.3 Å². The van der Waals surface area contributed by atoms with Gasteiger partial charge in [-0.05, 0) is 54.4 Å². The molecule has 0 unspecified atom stereocenters. The van der Waals surface area contributed by atoms with Crippen molar-refractivity contribution < 1.29 is 4.79 Å². The predicted molar refractivity (Wildman–Crippen MR) is 133 cm³/mol. The third kappa shape index (κ3) is 5.94. The molecule has 10 nitrogen and oxygen atoms in total. The fourth-order valence-corrected chi connectivity index (χ4v) is 3.15. The average Bonchev–Trinajstić information content (AvgIpc) is 2.84. The molecule has 4 rings (SSSR count). The minimum absolute atomic E-state index is 0.100. The van der Waals surface area contributed by atoms with Crippen molar-refractivity contribution in [3.05, 3.63) is 89.2 Å². The second-order valence-corrected chi connectivity index (χ2v) is 7.61. The summed E-state index contributed by atoms with van der Waals surface area (Å²) < 4.78 is 0. The van der Waals surface area contributed by atoms with Crippen LogP contribution in [-0.4, -0.2) is 25.8 Å². The van der Waals surface area contributed by atoms with Crippen molar-refractivity contribution in [2.24, 2.45) is 0 Å². The number of rotatable bonds is 8. The average molecular weight is 456 g/mol. The Morgan fingerprint density at radius 1 is 0.882 bits per heavy atom. The maximum atomic E-state index is 12.6. The number of carbonyl (C=O) groups is 1. The van der Waals surface area contributed by atoms with E-state index in [0.29, 0.717) is 41.9 Å². The smallest absolute Gasteiger partial charge is 0.255 e. The molecule has 0 spiro atoms. The van der Waals surface area contributed by atoms with Crippen molar-refractivity contribution in [3.8, 4) is 0 Å². The molecule has 4 aromatic rings. The van der Waals surface area contributed by atoms with Crippen LogP contribution in [-0.2, 0) is 13.1 Å². The number of benzene rings is 2. The molecule has 2 heterocycles. The van der Waals surface area contributed by atoms with Crippen LogP contribution in [0.5, 0.6) is 0 Å². The van der Waals surface area contributed by atoms with Crippen molar-refractivity contribution >= 4 is 35.1 Å². The van der Waals surface area contributed by atoms with Gasteiger partial charge in [-0.15, -0.1) is 0 Å². The second kappa shape index (κ2) is 10.3. The number of nitrogens with one attached hydrogen (secondary N) is 3. The summed E-state index contributed by atoms with van der Waals surface area (Å²) in [5.41, 5.74) is 16.2. The summed E-state index contributed by atoms with van der Waals surface area (Å²) in [5.74, 6) is 0.560. The molecule has 0 saturated heterocycles. The van der Waals surface area contributed by atoms with Crippen molar-refractivity contribution in [2.45, 2.75) is 20.0 Å². The van der Waals surface area contributed by atoms with E-state index < -0.39 is 0 Å². The number of aromatic nitrogens is 4. The van der Waals surface area contributed by atoms with E-state index in [1.807, 2.05) is 49.4 Å². The summed E-state index contributed by atoms with van der Waals surface area (Å²) in [4.78, 5) is 29.4. The highest BCUT2D eigenvalue weighted by atomic mass is 16.1. The Labute approximate surface area is 196 Å². The third-order valence-electron chi connectivity index (χ3n) is 4.93. The first-order valence-electron chi connectivity index (χ1n) is 10.6. The van der Waals surface area contributed by atoms with E-state index in [4.69, 9.17) is 11.5 Å². The number of nitrogens with zero attached hydrogens (tertiary/aromatic N) is 4. The predicted octanol–water partition coefficient (Wildman–Crippen LogP) is 3.22. The van der Waals surface area contributed by atoms with Gasteiger partial charge in [-0.2, -0.15) is 15.0 Å². The molecule has 34 heavy (non-hydrogen) atoms. The molecule has 0 aliphatic heterocycles. The molecule has 0 bridgehead atoms. The van der Waals surface area contributed by atoms with E-state index in [-0.39, 0.29) is 11.9 Å². The lowest BCUT2D eigenvalue weighted by atomic mass is 10.1. The molecule has 0 aliphatic carbocycles. The summed E-state index contributed by atoms with van der Waals surface area (Å²) in [6.07, 6.45) is 1.72. The van der Waals surface area contributed by atoms with E-state index in [0.717, 1.165) is 16.8 Å². The molecule has 2 aromatic carbocycles. The standard InChI is InChI=1S/C24H25N9O/c1-15-5-10-19(25)20(12-15)30-21(34)17-8-6-16(7-9-17)13-28-23-31-22(26)32-24(33-23)29-14-18-4-2-3-11-27-18/h2-12H,13-14,25H2,1H3,(H,30,34)(H4,26,28,29,31,32,33). The molecular formula is C24H25N9O. The van der Waals surface area contributed by atoms with Gasteiger partial charge < -0.3 is 27.4 Å². The van der Waals surface area contributed by atoms with Crippen LogP contribution in [0, 0.1) is 6.92 Å². The van der Waals surface area contributed by atoms with E-state index in [9.17, 15) is 4.79 Å². The number of hydrogen-bond acceptors (Lipinski definition) is 9. The molecule has 7 N–H and O–H groups in total. The van der Waals surface area contributed by atoms with Crippen LogP contribution >= 0.6 is 0 Å². The van der Waals surface area contributed by atoms with E-state index >= 15 is 0 Å². The molecule has 2 aromatic heterocycles. The number of carbonyl (C=O) groups excluding carboxylic acids is 1. The molecule has 0 atom stereocenters. The zero-order valence-corrected chi connectivity index (χ0v) is 18.6. The Morgan fingerprint density at radius 2 is 1.62 bits per heavy atom. The third-order valence-corrected chi connectivity index (χ3v) is 4.93. The van der Waals surface area contributed by atoms with Gasteiger partial charge in [0.2, 0.25) is 17.8 Å². The van der Waals surface area contributed by atoms with Gasteiger partial charge in [-0.25, -0.2) is 0 Å². The van der Waals surface area contributed by atoms with Crippen molar-refractivity contribution in [3.63, 3.8) is 0 Å². The van der Waals surface area contributed by atoms with Gasteiger partial charge in [0.15, 0.2) is 0 Å². The van der Waals surface area contributed by atoms with Crippen LogP contribution in [0.25, 0.3) is 0 Å². The summed E-state index contributed by atoms with van der Waals surface area (Å²) in [6.45, 7) is 2.84. The molecule has 0 fully saturated rings. The van der Waals surface area contributed by atoms with Gasteiger partial charge in [-0.1, -0.05) is 24.3 Å². The zero-order valence-electron chi connectivity index (χ0n) is 18.6. The van der Waals surface area contributed by atoms with Crippen molar-refractivity contribution in [1.29, 1.82) is 0 Å². The number of pyridine rings is 1. The first-order valence-corrected chi connectivity index (χ1v) is 10.6. The Bertz CT molecular complexity index is 1280. The van der Waals surface area contributed by atoms with Gasteiger partial charge >= 0.3 is 0 Å². The number of nitrogens with two attached hydrogens (primary N) is 2. The maximum absolute atomic E-state index is 12.6. The molecule has 0 radical (unpaired) electrons. The summed E-state index contributed by atoms with van der Waals surface area (Å²) in [7, 11) is 0. The fourth-order valence-electron chi connectivity index (χ4n) is 3.15. The van der Waals surface area contributed by atoms with Crippen LogP contribution in [0.15, 0.2) is 66.9 Å². The van der Waals surface area contributed by atoms with Crippen LogP contribution in [0.3, 0.4) is 0 Å². The van der Waals surface area contributed by atoms with Crippen molar-refractivity contribution in [1.82, 2.24) is 19.9 Å². The fraction of sp³-hybridized carbons (Fsp3) is 0.125. The first-order chi connectivity index (χ1) is 16.5. The lowest BCUT2D eigenvalue weighted by Crippen LogP contribution is -2.14. The topological polar surface area (TPSA) is 157 Å². The summed E-state index contributed by atoms with van der Waals surface area (Å²) in [6, 6.07) is 18.4. The van der Waals surface area contributed by atoms with Crippen LogP contribution in [0.1, 0.15) is 27.2 Å². The van der Waals surface area contributed by atoms with Crippen LogP contribution in [0.4, 0.5) is 29.2 Å². The van der Waals surface area contributed by atoms with Gasteiger partial charge in [-0.3, -0.25) is 9.78 Å². The van der Waals surface area contributed by atoms with Gasteiger partial charge in [0.25, 0.3) is 5.91 Å². The van der Waals surface area contributed by atoms with Crippen molar-refractivity contribution in [2.75, 3.05) is 27.4 Å². The minimum Gasteiger partial charge on any atom is -0.397 e. The summed E-state index contributed by atoms with van der Waals surface area (Å²) in [5, 5.41) is 9.07. The highest BCUT2D eigenvalue weighted by Gasteiger charge is 2.09. The second-order valence-electron chi connectivity index (χ2n) is 7.61. The Kier molecular flexibility index (Phi) is 6.78. The van der Waals surface area contributed by atoms with Crippen LogP contribution in [0.2, 0.25) is 0 Å². The summed E-state index contributed by atoms with van der Waals surface area (Å²) >= 11 is 0. The number of anilines is 5. The number of aryl methyl sites for hydroxylation is 1. The molecular weight excluding hydrogens is 430 g/mol. The molecule has 172 valence electrons. The van der Waals surface area contributed by atoms with E-state index in [1.165, 1.54) is 0 Å². The molecule has 1 amide bonds. The number of nitrogen functional groups attached to an aromatic ring is 2. The minimum atomic E-state index is -0.231. The SMILES string of the molecule is Cc1ccc(N)c(NC(=O)c2ccc(CNc3nc(N)nc(NCc4ccccn4)n3)cc2)c1. The highest BCUT2D eigenvalue weighted by molar-refractivity contribution is 6.05.